The highest BCUT2D eigenvalue weighted by molar-refractivity contribution is 8.14. The average molecular weight is 289 g/mol. The predicted octanol–water partition coefficient (Wildman–Crippen LogP) is 3.83. The Hall–Kier alpha value is -1.16. The molecule has 0 aromatic heterocycles. The van der Waals surface area contributed by atoms with E-state index >= 15 is 0 Å². The number of benzene rings is 1. The van der Waals surface area contributed by atoms with Gasteiger partial charge in [-0.1, -0.05) is 25.6 Å². The Balaban J connectivity index is 1.62. The molecule has 1 aromatic carbocycles. The first kappa shape index (κ1) is 13.8. The summed E-state index contributed by atoms with van der Waals surface area (Å²) >= 11 is 1.83. The van der Waals surface area contributed by atoms with Gasteiger partial charge in [0, 0.05) is 30.2 Å². The topological polar surface area (TPSA) is 27.6 Å². The van der Waals surface area contributed by atoms with Gasteiger partial charge >= 0.3 is 0 Å². The van der Waals surface area contributed by atoms with Crippen molar-refractivity contribution >= 4 is 28.3 Å². The van der Waals surface area contributed by atoms with E-state index in [1.807, 2.05) is 11.8 Å². The van der Waals surface area contributed by atoms with Crippen LogP contribution in [0.4, 0.5) is 11.4 Å². The molecule has 3 nitrogen and oxygen atoms in total. The number of hydrogen-bond donors (Lipinski definition) is 1. The minimum atomic E-state index is 0.464. The van der Waals surface area contributed by atoms with Crippen molar-refractivity contribution < 1.29 is 0 Å². The van der Waals surface area contributed by atoms with E-state index in [1.54, 1.807) is 0 Å². The Morgan fingerprint density at radius 1 is 1.20 bits per heavy atom. The molecule has 1 saturated heterocycles. The molecule has 2 aliphatic heterocycles. The van der Waals surface area contributed by atoms with Gasteiger partial charge in [0.25, 0.3) is 0 Å². The Morgan fingerprint density at radius 3 is 2.50 bits per heavy atom. The summed E-state index contributed by atoms with van der Waals surface area (Å²) in [6, 6.07) is 9.23. The monoisotopic (exact) mass is 289 g/mol. The third-order valence-electron chi connectivity index (χ3n) is 4.03. The average Bonchev–Trinajstić information content (AvgIpc) is 3.10. The summed E-state index contributed by atoms with van der Waals surface area (Å²) in [6.45, 7) is 6.88. The minimum Gasteiger partial charge on any atom is -0.372 e. The SMILES string of the molecule is CC(C)[C@H]1CSC(Nc2ccc(N3CCCC3)cc2)=N1. The van der Waals surface area contributed by atoms with E-state index in [2.05, 4.69) is 48.3 Å². The smallest absolute Gasteiger partial charge is 0.161 e. The third-order valence-corrected chi connectivity index (χ3v) is 5.02. The molecule has 1 aromatic rings. The van der Waals surface area contributed by atoms with Crippen molar-refractivity contribution in [3.05, 3.63) is 24.3 Å². The fourth-order valence-corrected chi connectivity index (χ4v) is 3.84. The van der Waals surface area contributed by atoms with Gasteiger partial charge < -0.3 is 10.2 Å². The number of anilines is 2. The number of amidine groups is 1. The maximum absolute atomic E-state index is 4.74. The highest BCUT2D eigenvalue weighted by atomic mass is 32.2. The summed E-state index contributed by atoms with van der Waals surface area (Å²) in [4.78, 5) is 7.20. The number of thioether (sulfide) groups is 1. The summed E-state index contributed by atoms with van der Waals surface area (Å²) in [5, 5.41) is 4.51. The molecule has 0 amide bonds. The summed E-state index contributed by atoms with van der Waals surface area (Å²) in [6.07, 6.45) is 2.65. The first-order valence-electron chi connectivity index (χ1n) is 7.55. The Bertz CT molecular complexity index is 475. The van der Waals surface area contributed by atoms with Crippen LogP contribution < -0.4 is 10.2 Å². The fourth-order valence-electron chi connectivity index (χ4n) is 2.65. The molecule has 4 heteroatoms. The van der Waals surface area contributed by atoms with Crippen LogP contribution in [0.3, 0.4) is 0 Å². The van der Waals surface area contributed by atoms with Crippen LogP contribution in [0.2, 0.25) is 0 Å². The van der Waals surface area contributed by atoms with E-state index in [0.717, 1.165) is 16.6 Å². The van der Waals surface area contributed by atoms with Crippen molar-refractivity contribution in [2.24, 2.45) is 10.9 Å². The third kappa shape index (κ3) is 3.11. The molecule has 1 N–H and O–H groups in total. The Labute approximate surface area is 125 Å². The molecule has 2 heterocycles. The lowest BCUT2D eigenvalue weighted by atomic mass is 10.1. The lowest BCUT2D eigenvalue weighted by Gasteiger charge is -2.17. The van der Waals surface area contributed by atoms with Crippen LogP contribution in [0.15, 0.2) is 29.3 Å². The second-order valence-electron chi connectivity index (χ2n) is 5.92. The largest absolute Gasteiger partial charge is 0.372 e. The number of rotatable bonds is 3. The summed E-state index contributed by atoms with van der Waals surface area (Å²) in [7, 11) is 0. The summed E-state index contributed by atoms with van der Waals surface area (Å²) in [5.74, 6) is 1.73. The number of aliphatic imine (C=N–C) groups is 1. The lowest BCUT2D eigenvalue weighted by Crippen LogP contribution is -2.17. The standard InChI is InChI=1S/C16H23N3S/c1-12(2)15-11-20-16(18-15)17-13-5-7-14(8-6-13)19-9-3-4-10-19/h5-8,12,15H,3-4,9-11H2,1-2H3,(H,17,18)/t15-/m1/s1. The Kier molecular flexibility index (Phi) is 4.20. The maximum Gasteiger partial charge on any atom is 0.161 e. The van der Waals surface area contributed by atoms with Crippen LogP contribution in [-0.2, 0) is 0 Å². The van der Waals surface area contributed by atoms with Gasteiger partial charge in [0.05, 0.1) is 6.04 Å². The van der Waals surface area contributed by atoms with Crippen LogP contribution in [0.1, 0.15) is 26.7 Å². The van der Waals surface area contributed by atoms with Crippen molar-refractivity contribution in [2.75, 3.05) is 29.1 Å². The van der Waals surface area contributed by atoms with E-state index in [4.69, 9.17) is 4.99 Å². The molecule has 108 valence electrons. The van der Waals surface area contributed by atoms with E-state index in [9.17, 15) is 0 Å². The van der Waals surface area contributed by atoms with Crippen LogP contribution in [0.25, 0.3) is 0 Å². The maximum atomic E-state index is 4.74. The van der Waals surface area contributed by atoms with Crippen molar-refractivity contribution in [1.29, 1.82) is 0 Å². The molecule has 0 aliphatic carbocycles. The molecule has 0 radical (unpaired) electrons. The lowest BCUT2D eigenvalue weighted by molar-refractivity contribution is 0.543. The first-order valence-corrected chi connectivity index (χ1v) is 8.53. The van der Waals surface area contributed by atoms with Crippen molar-refractivity contribution in [3.63, 3.8) is 0 Å². The molecule has 2 aliphatic rings. The van der Waals surface area contributed by atoms with E-state index < -0.39 is 0 Å². The van der Waals surface area contributed by atoms with Crippen LogP contribution in [-0.4, -0.2) is 30.1 Å². The summed E-state index contributed by atoms with van der Waals surface area (Å²) < 4.78 is 0. The van der Waals surface area contributed by atoms with Crippen molar-refractivity contribution in [3.8, 4) is 0 Å². The van der Waals surface area contributed by atoms with Crippen molar-refractivity contribution in [1.82, 2.24) is 0 Å². The molecule has 0 unspecified atom stereocenters. The molecule has 1 fully saturated rings. The Morgan fingerprint density at radius 2 is 1.90 bits per heavy atom. The normalized spacial score (nSPS) is 22.4. The van der Waals surface area contributed by atoms with Gasteiger partial charge in [0.2, 0.25) is 0 Å². The zero-order chi connectivity index (χ0) is 13.9. The highest BCUT2D eigenvalue weighted by Gasteiger charge is 2.21. The second-order valence-corrected chi connectivity index (χ2v) is 6.93. The number of nitrogens with zero attached hydrogens (tertiary/aromatic N) is 2. The van der Waals surface area contributed by atoms with E-state index in [1.165, 1.54) is 31.6 Å². The summed E-state index contributed by atoms with van der Waals surface area (Å²) in [5.41, 5.74) is 2.48. The molecular formula is C16H23N3S. The van der Waals surface area contributed by atoms with Gasteiger partial charge in [-0.2, -0.15) is 0 Å². The zero-order valence-corrected chi connectivity index (χ0v) is 13.1. The minimum absolute atomic E-state index is 0.464. The van der Waals surface area contributed by atoms with E-state index in [0.29, 0.717) is 12.0 Å². The van der Waals surface area contributed by atoms with Crippen LogP contribution in [0.5, 0.6) is 0 Å². The quantitative estimate of drug-likeness (QED) is 0.916. The van der Waals surface area contributed by atoms with Gasteiger partial charge in [0.15, 0.2) is 5.17 Å². The predicted molar refractivity (Wildman–Crippen MR) is 90.0 cm³/mol. The van der Waals surface area contributed by atoms with Crippen molar-refractivity contribution in [2.45, 2.75) is 32.7 Å². The molecule has 3 rings (SSSR count). The molecule has 0 spiro atoms. The van der Waals surface area contributed by atoms with Gasteiger partial charge in [-0.3, -0.25) is 4.99 Å². The van der Waals surface area contributed by atoms with Crippen LogP contribution in [0, 0.1) is 5.92 Å². The number of nitrogens with one attached hydrogen (secondary N) is 1. The van der Waals surface area contributed by atoms with Gasteiger partial charge in [0.1, 0.15) is 0 Å². The zero-order valence-electron chi connectivity index (χ0n) is 12.3. The van der Waals surface area contributed by atoms with Gasteiger partial charge in [-0.15, -0.1) is 0 Å². The second kappa shape index (κ2) is 6.08. The molecule has 0 bridgehead atoms. The van der Waals surface area contributed by atoms with Gasteiger partial charge in [-0.05, 0) is 43.0 Å². The van der Waals surface area contributed by atoms with E-state index in [-0.39, 0.29) is 0 Å². The molecule has 20 heavy (non-hydrogen) atoms. The molecule has 1 atom stereocenters. The first-order chi connectivity index (χ1) is 9.72. The number of hydrogen-bond acceptors (Lipinski definition) is 4. The van der Waals surface area contributed by atoms with Gasteiger partial charge in [-0.25, -0.2) is 0 Å². The highest BCUT2D eigenvalue weighted by Crippen LogP contribution is 2.26. The molecule has 0 saturated carbocycles. The molecular weight excluding hydrogens is 266 g/mol. The van der Waals surface area contributed by atoms with Crippen LogP contribution >= 0.6 is 11.8 Å². The fraction of sp³-hybridized carbons (Fsp3) is 0.562.